The molecule has 4 rings (SSSR count). The maximum atomic E-state index is 13.3. The Labute approximate surface area is 164 Å². The van der Waals surface area contributed by atoms with Crippen LogP contribution in [0.2, 0.25) is 10.0 Å². The van der Waals surface area contributed by atoms with E-state index < -0.39 is 5.82 Å². The summed E-state index contributed by atoms with van der Waals surface area (Å²) in [7, 11) is 0. The van der Waals surface area contributed by atoms with Crippen molar-refractivity contribution in [1.82, 2.24) is 10.1 Å². The Morgan fingerprint density at radius 1 is 1.19 bits per heavy atom. The highest BCUT2D eigenvalue weighted by atomic mass is 35.5. The second kappa shape index (κ2) is 6.94. The van der Waals surface area contributed by atoms with Gasteiger partial charge in [-0.25, -0.2) is 4.39 Å². The summed E-state index contributed by atoms with van der Waals surface area (Å²) in [5, 5.41) is 4.58. The molecule has 3 aromatic rings. The number of carbonyl (C=O) groups excluding carboxylic acids is 1. The smallest absolute Gasteiger partial charge is 0.232 e. The van der Waals surface area contributed by atoms with Crippen molar-refractivity contribution in [2.24, 2.45) is 0 Å². The topological polar surface area (TPSA) is 59.2 Å². The quantitative estimate of drug-likeness (QED) is 0.614. The van der Waals surface area contributed by atoms with Crippen LogP contribution in [0, 0.1) is 12.7 Å². The van der Waals surface area contributed by atoms with Crippen LogP contribution in [-0.4, -0.2) is 22.6 Å². The fourth-order valence-corrected chi connectivity index (χ4v) is 3.37. The van der Waals surface area contributed by atoms with Crippen molar-refractivity contribution in [3.63, 3.8) is 0 Å². The van der Waals surface area contributed by atoms with Crippen molar-refractivity contribution in [2.45, 2.75) is 19.3 Å². The van der Waals surface area contributed by atoms with Gasteiger partial charge >= 0.3 is 0 Å². The first-order valence-corrected chi connectivity index (χ1v) is 9.03. The summed E-state index contributed by atoms with van der Waals surface area (Å²) in [6, 6.07) is 9.68. The van der Waals surface area contributed by atoms with Gasteiger partial charge in [-0.15, -0.1) is 0 Å². The Kier molecular flexibility index (Phi) is 4.61. The summed E-state index contributed by atoms with van der Waals surface area (Å²) < 4.78 is 18.7. The van der Waals surface area contributed by atoms with Gasteiger partial charge in [0.2, 0.25) is 17.6 Å². The van der Waals surface area contributed by atoms with Gasteiger partial charge in [-0.1, -0.05) is 28.4 Å². The molecule has 1 unspecified atom stereocenters. The van der Waals surface area contributed by atoms with Gasteiger partial charge in [0.05, 0.1) is 10.9 Å². The molecule has 5 nitrogen and oxygen atoms in total. The molecule has 0 radical (unpaired) electrons. The fraction of sp³-hybridized carbons (Fsp3) is 0.211. The zero-order valence-electron chi connectivity index (χ0n) is 14.2. The number of rotatable bonds is 3. The Morgan fingerprint density at radius 3 is 2.74 bits per heavy atom. The molecule has 0 N–H and O–H groups in total. The van der Waals surface area contributed by atoms with Crippen LogP contribution in [0.15, 0.2) is 40.9 Å². The lowest BCUT2D eigenvalue weighted by Gasteiger charge is -2.17. The molecule has 0 aliphatic carbocycles. The number of anilines is 1. The molecule has 2 heterocycles. The van der Waals surface area contributed by atoms with Gasteiger partial charge in [-0.2, -0.15) is 4.98 Å². The Bertz CT molecular complexity index is 1040. The SMILES string of the molecule is Cc1cc(N2CC(c3nc(-c4ccc(F)c(Cl)c4)no3)CC2=O)ccc1Cl. The molecule has 1 fully saturated rings. The molecule has 0 spiro atoms. The summed E-state index contributed by atoms with van der Waals surface area (Å²) in [6.07, 6.45) is 0.271. The normalized spacial score (nSPS) is 17.0. The van der Waals surface area contributed by atoms with Gasteiger partial charge in [0.1, 0.15) is 5.82 Å². The minimum atomic E-state index is -0.514. The molecule has 0 saturated carbocycles. The monoisotopic (exact) mass is 405 g/mol. The number of amides is 1. The minimum Gasteiger partial charge on any atom is -0.339 e. The molecule has 1 aromatic heterocycles. The molecule has 1 saturated heterocycles. The van der Waals surface area contributed by atoms with Gasteiger partial charge in [0, 0.05) is 29.2 Å². The third-order valence-corrected chi connectivity index (χ3v) is 5.26. The van der Waals surface area contributed by atoms with E-state index >= 15 is 0 Å². The largest absolute Gasteiger partial charge is 0.339 e. The van der Waals surface area contributed by atoms with E-state index in [-0.39, 0.29) is 23.3 Å². The Morgan fingerprint density at radius 2 is 2.00 bits per heavy atom. The molecular weight excluding hydrogens is 392 g/mol. The predicted molar refractivity (Wildman–Crippen MR) is 101 cm³/mol. The van der Waals surface area contributed by atoms with E-state index in [1.807, 2.05) is 19.1 Å². The Hall–Kier alpha value is -2.44. The van der Waals surface area contributed by atoms with Crippen LogP contribution in [0.5, 0.6) is 0 Å². The van der Waals surface area contributed by atoms with Crippen molar-refractivity contribution in [3.8, 4) is 11.4 Å². The lowest BCUT2D eigenvalue weighted by molar-refractivity contribution is -0.117. The summed E-state index contributed by atoms with van der Waals surface area (Å²) in [6.45, 7) is 2.33. The number of hydrogen-bond donors (Lipinski definition) is 0. The molecule has 0 bridgehead atoms. The lowest BCUT2D eigenvalue weighted by Crippen LogP contribution is -2.24. The van der Waals surface area contributed by atoms with Gasteiger partial charge in [0.25, 0.3) is 0 Å². The van der Waals surface area contributed by atoms with Crippen LogP contribution >= 0.6 is 23.2 Å². The highest BCUT2D eigenvalue weighted by Gasteiger charge is 2.35. The molecule has 1 aliphatic heterocycles. The van der Waals surface area contributed by atoms with E-state index in [2.05, 4.69) is 10.1 Å². The van der Waals surface area contributed by atoms with Crippen molar-refractivity contribution in [2.75, 3.05) is 11.4 Å². The number of aryl methyl sites for hydroxylation is 1. The molecule has 8 heteroatoms. The van der Waals surface area contributed by atoms with Crippen molar-refractivity contribution >= 4 is 34.8 Å². The van der Waals surface area contributed by atoms with Crippen molar-refractivity contribution < 1.29 is 13.7 Å². The summed E-state index contributed by atoms with van der Waals surface area (Å²) in [5.41, 5.74) is 2.24. The van der Waals surface area contributed by atoms with Crippen LogP contribution in [0.4, 0.5) is 10.1 Å². The predicted octanol–water partition coefficient (Wildman–Crippen LogP) is 5.01. The van der Waals surface area contributed by atoms with Crippen LogP contribution in [-0.2, 0) is 4.79 Å². The number of nitrogens with zero attached hydrogens (tertiary/aromatic N) is 3. The first-order valence-electron chi connectivity index (χ1n) is 8.28. The zero-order valence-corrected chi connectivity index (χ0v) is 15.8. The number of aromatic nitrogens is 2. The van der Waals surface area contributed by atoms with E-state index in [1.54, 1.807) is 11.0 Å². The molecule has 27 heavy (non-hydrogen) atoms. The van der Waals surface area contributed by atoms with Gasteiger partial charge in [0.15, 0.2) is 0 Å². The first-order chi connectivity index (χ1) is 12.9. The van der Waals surface area contributed by atoms with Gasteiger partial charge in [-0.3, -0.25) is 4.79 Å². The highest BCUT2D eigenvalue weighted by molar-refractivity contribution is 6.31. The van der Waals surface area contributed by atoms with E-state index in [9.17, 15) is 9.18 Å². The van der Waals surface area contributed by atoms with E-state index in [0.717, 1.165) is 11.3 Å². The van der Waals surface area contributed by atoms with Crippen LogP contribution in [0.3, 0.4) is 0 Å². The fourth-order valence-electron chi connectivity index (χ4n) is 3.07. The number of hydrogen-bond acceptors (Lipinski definition) is 4. The number of benzene rings is 2. The molecule has 1 atom stereocenters. The number of halogens is 3. The second-order valence-electron chi connectivity index (χ2n) is 6.42. The Balaban J connectivity index is 1.56. The third kappa shape index (κ3) is 3.42. The third-order valence-electron chi connectivity index (χ3n) is 4.55. The second-order valence-corrected chi connectivity index (χ2v) is 7.24. The lowest BCUT2D eigenvalue weighted by atomic mass is 10.1. The maximum absolute atomic E-state index is 13.3. The standard InChI is InChI=1S/C19H14Cl2FN3O2/c1-10-6-13(3-4-14(10)20)25-9-12(8-17(25)26)19-23-18(24-27-19)11-2-5-16(22)15(21)7-11/h2-7,12H,8-9H2,1H3. The molecule has 1 amide bonds. The molecule has 138 valence electrons. The maximum Gasteiger partial charge on any atom is 0.232 e. The van der Waals surface area contributed by atoms with Crippen LogP contribution < -0.4 is 4.90 Å². The van der Waals surface area contributed by atoms with E-state index in [1.165, 1.54) is 18.2 Å². The van der Waals surface area contributed by atoms with E-state index in [0.29, 0.717) is 28.8 Å². The van der Waals surface area contributed by atoms with Gasteiger partial charge < -0.3 is 9.42 Å². The average molecular weight is 406 g/mol. The van der Waals surface area contributed by atoms with E-state index in [4.69, 9.17) is 27.7 Å². The van der Waals surface area contributed by atoms with Crippen LogP contribution in [0.1, 0.15) is 23.8 Å². The molecule has 2 aromatic carbocycles. The first kappa shape index (κ1) is 17.9. The minimum absolute atomic E-state index is 0.0147. The van der Waals surface area contributed by atoms with Crippen molar-refractivity contribution in [1.29, 1.82) is 0 Å². The van der Waals surface area contributed by atoms with Crippen LogP contribution in [0.25, 0.3) is 11.4 Å². The molecule has 1 aliphatic rings. The average Bonchev–Trinajstić information content (AvgIpc) is 3.27. The summed E-state index contributed by atoms with van der Waals surface area (Å²) >= 11 is 11.9. The zero-order chi connectivity index (χ0) is 19.1. The molecular formula is C19H14Cl2FN3O2. The van der Waals surface area contributed by atoms with Crippen molar-refractivity contribution in [3.05, 3.63) is 63.7 Å². The van der Waals surface area contributed by atoms with Gasteiger partial charge in [-0.05, 0) is 48.9 Å². The number of carbonyl (C=O) groups is 1. The highest BCUT2D eigenvalue weighted by Crippen LogP contribution is 2.33. The summed E-state index contributed by atoms with van der Waals surface area (Å²) in [5.74, 6) is -0.0801. The summed E-state index contributed by atoms with van der Waals surface area (Å²) in [4.78, 5) is 18.5.